The van der Waals surface area contributed by atoms with Gasteiger partial charge in [-0.05, 0) is 53.8 Å². The molecule has 1 fully saturated rings. The van der Waals surface area contributed by atoms with Crippen molar-refractivity contribution in [3.63, 3.8) is 0 Å². The molecule has 0 unspecified atom stereocenters. The van der Waals surface area contributed by atoms with E-state index in [0.717, 1.165) is 23.8 Å². The van der Waals surface area contributed by atoms with Crippen molar-refractivity contribution in [3.8, 4) is 17.6 Å². The van der Waals surface area contributed by atoms with Gasteiger partial charge in [0, 0.05) is 5.56 Å². The molecule has 0 heterocycles. The second-order valence-corrected chi connectivity index (χ2v) is 5.53. The third kappa shape index (κ3) is 3.08. The van der Waals surface area contributed by atoms with Crippen LogP contribution in [0, 0.1) is 17.8 Å². The van der Waals surface area contributed by atoms with Gasteiger partial charge >= 0.3 is 0 Å². The van der Waals surface area contributed by atoms with Crippen LogP contribution < -0.4 is 4.74 Å². The zero-order valence-corrected chi connectivity index (χ0v) is 12.1. The third-order valence-corrected chi connectivity index (χ3v) is 3.96. The quantitative estimate of drug-likeness (QED) is 0.591. The number of hydrogen-bond donors (Lipinski definition) is 0. The van der Waals surface area contributed by atoms with Crippen LogP contribution in [-0.4, -0.2) is 12.5 Å². The zero-order valence-electron chi connectivity index (χ0n) is 11.4. The number of hydrogen-bond acceptors (Lipinski definition) is 1. The fraction of sp³-hybridized carbons (Fsp3) is 0.333. The number of fused-ring (bicyclic) bond motifs is 1. The Labute approximate surface area is 124 Å². The lowest BCUT2D eigenvalue weighted by atomic mass is 9.86. The average Bonchev–Trinajstić information content (AvgIpc) is 2.43. The summed E-state index contributed by atoms with van der Waals surface area (Å²) in [4.78, 5) is 0. The molecule has 0 atom stereocenters. The molecule has 102 valence electrons. The Morgan fingerprint density at radius 3 is 2.65 bits per heavy atom. The number of benzene rings is 2. The van der Waals surface area contributed by atoms with Gasteiger partial charge in [0.1, 0.15) is 5.75 Å². The topological polar surface area (TPSA) is 9.23 Å². The van der Waals surface area contributed by atoms with Gasteiger partial charge in [0.05, 0.1) is 12.5 Å². The summed E-state index contributed by atoms with van der Waals surface area (Å²) in [5.74, 6) is 8.01. The monoisotopic (exact) mass is 284 g/mol. The SMILES string of the molecule is ClCC#Cc1ccc2cc(OCC3CCC3)ccc2c1. The molecule has 0 saturated heterocycles. The van der Waals surface area contributed by atoms with E-state index in [-0.39, 0.29) is 0 Å². The highest BCUT2D eigenvalue weighted by atomic mass is 35.5. The Morgan fingerprint density at radius 1 is 1.10 bits per heavy atom. The second kappa shape index (κ2) is 6.20. The predicted molar refractivity (Wildman–Crippen MR) is 84.4 cm³/mol. The molecule has 1 aliphatic rings. The minimum absolute atomic E-state index is 0.367. The van der Waals surface area contributed by atoms with Crippen LogP contribution in [0.1, 0.15) is 24.8 Å². The molecular formula is C18H17ClO. The summed E-state index contributed by atoms with van der Waals surface area (Å²) in [6, 6.07) is 12.4. The highest BCUT2D eigenvalue weighted by Gasteiger charge is 2.17. The normalized spacial score (nSPS) is 14.4. The lowest BCUT2D eigenvalue weighted by Crippen LogP contribution is -2.19. The van der Waals surface area contributed by atoms with Crippen molar-refractivity contribution >= 4 is 22.4 Å². The largest absolute Gasteiger partial charge is 0.493 e. The first kappa shape index (κ1) is 13.3. The molecule has 2 aromatic rings. The Morgan fingerprint density at radius 2 is 1.90 bits per heavy atom. The Hall–Kier alpha value is -1.65. The van der Waals surface area contributed by atoms with Crippen LogP contribution in [0.3, 0.4) is 0 Å². The van der Waals surface area contributed by atoms with E-state index < -0.39 is 0 Å². The van der Waals surface area contributed by atoms with E-state index in [9.17, 15) is 0 Å². The van der Waals surface area contributed by atoms with Crippen molar-refractivity contribution in [1.29, 1.82) is 0 Å². The van der Waals surface area contributed by atoms with E-state index in [1.807, 2.05) is 12.1 Å². The smallest absolute Gasteiger partial charge is 0.119 e. The Bertz CT molecular complexity index is 662. The maximum Gasteiger partial charge on any atom is 0.119 e. The lowest BCUT2D eigenvalue weighted by molar-refractivity contribution is 0.181. The van der Waals surface area contributed by atoms with Gasteiger partial charge in [-0.15, -0.1) is 11.6 Å². The summed E-state index contributed by atoms with van der Waals surface area (Å²) in [5, 5.41) is 2.37. The molecule has 0 aromatic heterocycles. The number of alkyl halides is 1. The molecule has 0 spiro atoms. The number of ether oxygens (including phenoxy) is 1. The molecule has 2 aromatic carbocycles. The summed E-state index contributed by atoms with van der Waals surface area (Å²) in [6.45, 7) is 0.852. The van der Waals surface area contributed by atoms with Crippen LogP contribution in [0.25, 0.3) is 10.8 Å². The van der Waals surface area contributed by atoms with Gasteiger partial charge in [-0.2, -0.15) is 0 Å². The maximum atomic E-state index is 5.87. The molecule has 2 heteroatoms. The summed E-state index contributed by atoms with van der Waals surface area (Å²) < 4.78 is 5.87. The molecule has 0 aliphatic heterocycles. The van der Waals surface area contributed by atoms with E-state index in [4.69, 9.17) is 16.3 Å². The van der Waals surface area contributed by atoms with Crippen LogP contribution in [0.15, 0.2) is 36.4 Å². The molecule has 1 aliphatic carbocycles. The Kier molecular flexibility index (Phi) is 4.14. The molecule has 0 amide bonds. The standard InChI is InChI=1S/C18H17ClO/c19-10-2-5-14-6-7-17-12-18(9-8-16(17)11-14)20-13-15-3-1-4-15/h6-9,11-12,15H,1,3-4,10,13H2. The predicted octanol–water partition coefficient (Wildman–Crippen LogP) is 4.61. The van der Waals surface area contributed by atoms with Crippen molar-refractivity contribution in [2.75, 3.05) is 12.5 Å². The summed E-state index contributed by atoms with van der Waals surface area (Å²) in [6.07, 6.45) is 3.99. The first-order valence-corrected chi connectivity index (χ1v) is 7.60. The van der Waals surface area contributed by atoms with Crippen molar-refractivity contribution < 1.29 is 4.74 Å². The van der Waals surface area contributed by atoms with Crippen molar-refractivity contribution in [2.45, 2.75) is 19.3 Å². The average molecular weight is 285 g/mol. The van der Waals surface area contributed by atoms with Crippen molar-refractivity contribution in [3.05, 3.63) is 42.0 Å². The lowest BCUT2D eigenvalue weighted by Gasteiger charge is -2.25. The van der Waals surface area contributed by atoms with Crippen LogP contribution in [0.5, 0.6) is 5.75 Å². The van der Waals surface area contributed by atoms with Gasteiger partial charge in [-0.3, -0.25) is 0 Å². The first-order valence-electron chi connectivity index (χ1n) is 7.06. The van der Waals surface area contributed by atoms with Crippen LogP contribution in [0.2, 0.25) is 0 Å². The van der Waals surface area contributed by atoms with E-state index in [1.54, 1.807) is 0 Å². The maximum absolute atomic E-state index is 5.87. The van der Waals surface area contributed by atoms with Gasteiger partial charge in [-0.25, -0.2) is 0 Å². The number of halogens is 1. The van der Waals surface area contributed by atoms with Gasteiger partial charge in [0.15, 0.2) is 0 Å². The molecule has 3 rings (SSSR count). The highest BCUT2D eigenvalue weighted by molar-refractivity contribution is 6.19. The zero-order chi connectivity index (χ0) is 13.8. The van der Waals surface area contributed by atoms with Crippen LogP contribution in [-0.2, 0) is 0 Å². The first-order chi connectivity index (χ1) is 9.85. The van der Waals surface area contributed by atoms with E-state index >= 15 is 0 Å². The molecule has 1 nitrogen and oxygen atoms in total. The van der Waals surface area contributed by atoms with Crippen LogP contribution >= 0.6 is 11.6 Å². The van der Waals surface area contributed by atoms with E-state index in [0.29, 0.717) is 5.88 Å². The molecule has 0 N–H and O–H groups in total. The summed E-state index contributed by atoms with van der Waals surface area (Å²) >= 11 is 5.58. The Balaban J connectivity index is 1.76. The van der Waals surface area contributed by atoms with Gasteiger partial charge < -0.3 is 4.74 Å². The summed E-state index contributed by atoms with van der Waals surface area (Å²) in [7, 11) is 0. The molecule has 20 heavy (non-hydrogen) atoms. The van der Waals surface area contributed by atoms with Crippen molar-refractivity contribution in [2.24, 2.45) is 5.92 Å². The third-order valence-electron chi connectivity index (χ3n) is 3.82. The van der Waals surface area contributed by atoms with E-state index in [1.165, 1.54) is 30.0 Å². The van der Waals surface area contributed by atoms with E-state index in [2.05, 4.69) is 36.1 Å². The fourth-order valence-corrected chi connectivity index (χ4v) is 2.47. The number of rotatable bonds is 3. The van der Waals surface area contributed by atoms with Gasteiger partial charge in [-0.1, -0.05) is 30.4 Å². The highest BCUT2D eigenvalue weighted by Crippen LogP contribution is 2.28. The molecular weight excluding hydrogens is 268 g/mol. The molecule has 0 bridgehead atoms. The second-order valence-electron chi connectivity index (χ2n) is 5.27. The molecule has 0 radical (unpaired) electrons. The molecule has 1 saturated carbocycles. The fourth-order valence-electron chi connectivity index (χ4n) is 2.40. The minimum atomic E-state index is 0.367. The minimum Gasteiger partial charge on any atom is -0.493 e. The van der Waals surface area contributed by atoms with Crippen LogP contribution in [0.4, 0.5) is 0 Å². The summed E-state index contributed by atoms with van der Waals surface area (Å²) in [5.41, 5.74) is 1.00. The van der Waals surface area contributed by atoms with Gasteiger partial charge in [0.25, 0.3) is 0 Å². The van der Waals surface area contributed by atoms with Crippen molar-refractivity contribution in [1.82, 2.24) is 0 Å². The van der Waals surface area contributed by atoms with Gasteiger partial charge in [0.2, 0.25) is 0 Å².